The minimum atomic E-state index is 0.541. The van der Waals surface area contributed by atoms with Gasteiger partial charge in [-0.2, -0.15) is 5.26 Å². The van der Waals surface area contributed by atoms with Gasteiger partial charge in [-0.1, -0.05) is 0 Å². The van der Waals surface area contributed by atoms with Crippen LogP contribution in [0.2, 0.25) is 0 Å². The molecule has 0 spiro atoms. The van der Waals surface area contributed by atoms with Crippen LogP contribution in [0.15, 0.2) is 18.2 Å². The Bertz CT molecular complexity index is 450. The van der Waals surface area contributed by atoms with Crippen LogP contribution in [0, 0.1) is 11.3 Å². The monoisotopic (exact) mass is 246 g/mol. The van der Waals surface area contributed by atoms with Crippen molar-refractivity contribution in [2.24, 2.45) is 0 Å². The number of anilines is 1. The second-order valence-corrected chi connectivity index (χ2v) is 4.41. The molecule has 1 aliphatic rings. The van der Waals surface area contributed by atoms with Crippen LogP contribution >= 0.6 is 0 Å². The van der Waals surface area contributed by atoms with Gasteiger partial charge >= 0.3 is 0 Å². The SMILES string of the molecule is COCCN(c1cc(OC)ccc1C#N)C1CC1. The Morgan fingerprint density at radius 2 is 2.17 bits per heavy atom. The highest BCUT2D eigenvalue weighted by Gasteiger charge is 2.30. The van der Waals surface area contributed by atoms with Crippen LogP contribution in [0.3, 0.4) is 0 Å². The van der Waals surface area contributed by atoms with Crippen molar-refractivity contribution in [2.45, 2.75) is 18.9 Å². The standard InChI is InChI=1S/C14H18N2O2/c1-17-8-7-16(12-4-5-12)14-9-13(18-2)6-3-11(14)10-15/h3,6,9,12H,4-5,7-8H2,1-2H3. The van der Waals surface area contributed by atoms with Gasteiger partial charge in [0.2, 0.25) is 0 Å². The van der Waals surface area contributed by atoms with Gasteiger partial charge in [-0.25, -0.2) is 0 Å². The van der Waals surface area contributed by atoms with Gasteiger partial charge in [0.25, 0.3) is 0 Å². The average Bonchev–Trinajstić information content (AvgIpc) is 3.23. The maximum Gasteiger partial charge on any atom is 0.121 e. The van der Waals surface area contributed by atoms with E-state index in [4.69, 9.17) is 9.47 Å². The zero-order valence-electron chi connectivity index (χ0n) is 10.8. The first-order chi connectivity index (χ1) is 8.80. The highest BCUT2D eigenvalue weighted by molar-refractivity contribution is 5.63. The molecule has 1 saturated carbocycles. The molecular formula is C14H18N2O2. The van der Waals surface area contributed by atoms with E-state index in [-0.39, 0.29) is 0 Å². The minimum absolute atomic E-state index is 0.541. The van der Waals surface area contributed by atoms with E-state index in [1.807, 2.05) is 18.2 Å². The predicted molar refractivity (Wildman–Crippen MR) is 70.0 cm³/mol. The Kier molecular flexibility index (Phi) is 4.06. The van der Waals surface area contributed by atoms with Crippen LogP contribution < -0.4 is 9.64 Å². The molecule has 0 aromatic heterocycles. The molecule has 0 heterocycles. The van der Waals surface area contributed by atoms with Crippen molar-refractivity contribution in [3.05, 3.63) is 23.8 Å². The van der Waals surface area contributed by atoms with E-state index in [0.29, 0.717) is 18.2 Å². The van der Waals surface area contributed by atoms with Crippen LogP contribution in [0.4, 0.5) is 5.69 Å². The van der Waals surface area contributed by atoms with Gasteiger partial charge in [0, 0.05) is 25.8 Å². The van der Waals surface area contributed by atoms with Crippen LogP contribution in [0.25, 0.3) is 0 Å². The van der Waals surface area contributed by atoms with E-state index in [1.165, 1.54) is 12.8 Å². The van der Waals surface area contributed by atoms with Crippen molar-refractivity contribution in [2.75, 3.05) is 32.3 Å². The fourth-order valence-corrected chi connectivity index (χ4v) is 2.05. The number of nitrogens with zero attached hydrogens (tertiary/aromatic N) is 2. The lowest BCUT2D eigenvalue weighted by Crippen LogP contribution is -2.30. The summed E-state index contributed by atoms with van der Waals surface area (Å²) in [4.78, 5) is 2.25. The third-order valence-corrected chi connectivity index (χ3v) is 3.16. The maximum absolute atomic E-state index is 9.21. The Morgan fingerprint density at radius 3 is 2.72 bits per heavy atom. The Balaban J connectivity index is 2.29. The fourth-order valence-electron chi connectivity index (χ4n) is 2.05. The lowest BCUT2D eigenvalue weighted by Gasteiger charge is -2.25. The molecule has 18 heavy (non-hydrogen) atoms. The summed E-state index contributed by atoms with van der Waals surface area (Å²) in [6, 6.07) is 8.37. The van der Waals surface area contributed by atoms with Crippen molar-refractivity contribution in [1.82, 2.24) is 0 Å². The smallest absolute Gasteiger partial charge is 0.121 e. The second-order valence-electron chi connectivity index (χ2n) is 4.41. The molecule has 1 aromatic carbocycles. The molecule has 0 radical (unpaired) electrons. The van der Waals surface area contributed by atoms with Gasteiger partial charge in [-0.15, -0.1) is 0 Å². The number of hydrogen-bond donors (Lipinski definition) is 0. The molecule has 1 aromatic rings. The average molecular weight is 246 g/mol. The number of nitriles is 1. The summed E-state index contributed by atoms with van der Waals surface area (Å²) in [7, 11) is 3.34. The molecule has 4 heteroatoms. The summed E-state index contributed by atoms with van der Waals surface area (Å²) in [5.74, 6) is 0.784. The zero-order chi connectivity index (χ0) is 13.0. The highest BCUT2D eigenvalue weighted by Crippen LogP contribution is 2.35. The van der Waals surface area contributed by atoms with Gasteiger partial charge in [-0.05, 0) is 25.0 Å². The van der Waals surface area contributed by atoms with Gasteiger partial charge in [0.15, 0.2) is 0 Å². The Morgan fingerprint density at radius 1 is 1.39 bits per heavy atom. The first-order valence-electron chi connectivity index (χ1n) is 6.14. The van der Waals surface area contributed by atoms with Gasteiger partial charge in [0.05, 0.1) is 25.0 Å². The van der Waals surface area contributed by atoms with Crippen molar-refractivity contribution in [3.63, 3.8) is 0 Å². The van der Waals surface area contributed by atoms with Gasteiger partial charge in [0.1, 0.15) is 11.8 Å². The topological polar surface area (TPSA) is 45.5 Å². The van der Waals surface area contributed by atoms with E-state index in [0.717, 1.165) is 18.0 Å². The number of benzene rings is 1. The minimum Gasteiger partial charge on any atom is -0.497 e. The molecule has 4 nitrogen and oxygen atoms in total. The van der Waals surface area contributed by atoms with Crippen molar-refractivity contribution in [1.29, 1.82) is 5.26 Å². The third-order valence-electron chi connectivity index (χ3n) is 3.16. The fraction of sp³-hybridized carbons (Fsp3) is 0.500. The molecule has 1 fully saturated rings. The second kappa shape index (κ2) is 5.74. The van der Waals surface area contributed by atoms with E-state index < -0.39 is 0 Å². The van der Waals surface area contributed by atoms with Crippen LogP contribution in [0.1, 0.15) is 18.4 Å². The number of ether oxygens (including phenoxy) is 2. The molecule has 0 amide bonds. The van der Waals surface area contributed by atoms with Gasteiger partial charge in [-0.3, -0.25) is 0 Å². The van der Waals surface area contributed by atoms with E-state index in [2.05, 4.69) is 11.0 Å². The maximum atomic E-state index is 9.21. The van der Waals surface area contributed by atoms with E-state index >= 15 is 0 Å². The summed E-state index contributed by atoms with van der Waals surface area (Å²) in [5, 5.41) is 9.21. The number of hydrogen-bond acceptors (Lipinski definition) is 4. The lowest BCUT2D eigenvalue weighted by molar-refractivity contribution is 0.205. The quantitative estimate of drug-likeness (QED) is 0.771. The highest BCUT2D eigenvalue weighted by atomic mass is 16.5. The third kappa shape index (κ3) is 2.74. The molecule has 0 unspecified atom stereocenters. The van der Waals surface area contributed by atoms with Crippen molar-refractivity contribution < 1.29 is 9.47 Å². The predicted octanol–water partition coefficient (Wildman–Crippen LogP) is 2.18. The molecule has 1 aliphatic carbocycles. The van der Waals surface area contributed by atoms with E-state index in [9.17, 15) is 5.26 Å². The Labute approximate surface area is 108 Å². The van der Waals surface area contributed by atoms with Crippen molar-refractivity contribution >= 4 is 5.69 Å². The molecule has 0 aliphatic heterocycles. The largest absolute Gasteiger partial charge is 0.497 e. The summed E-state index contributed by atoms with van der Waals surface area (Å²) < 4.78 is 10.4. The van der Waals surface area contributed by atoms with Crippen LogP contribution in [-0.2, 0) is 4.74 Å². The first-order valence-corrected chi connectivity index (χ1v) is 6.14. The summed E-state index contributed by atoms with van der Waals surface area (Å²) in [6.07, 6.45) is 2.37. The summed E-state index contributed by atoms with van der Waals surface area (Å²) >= 11 is 0. The van der Waals surface area contributed by atoms with Gasteiger partial charge < -0.3 is 14.4 Å². The summed E-state index contributed by atoms with van der Waals surface area (Å²) in [5.41, 5.74) is 1.65. The van der Waals surface area contributed by atoms with Crippen LogP contribution in [-0.4, -0.2) is 33.4 Å². The molecule has 0 saturated heterocycles. The molecule has 96 valence electrons. The molecule has 0 bridgehead atoms. The lowest BCUT2D eigenvalue weighted by atomic mass is 10.1. The molecular weight excluding hydrogens is 228 g/mol. The zero-order valence-corrected chi connectivity index (χ0v) is 10.8. The summed E-state index contributed by atoms with van der Waals surface area (Å²) in [6.45, 7) is 1.47. The molecule has 2 rings (SSSR count). The van der Waals surface area contributed by atoms with Crippen LogP contribution in [0.5, 0.6) is 5.75 Å². The van der Waals surface area contributed by atoms with E-state index in [1.54, 1.807) is 14.2 Å². The first kappa shape index (κ1) is 12.7. The normalized spacial score (nSPS) is 14.1. The number of rotatable bonds is 6. The van der Waals surface area contributed by atoms with Crippen molar-refractivity contribution in [3.8, 4) is 11.8 Å². The Hall–Kier alpha value is -1.73. The molecule has 0 atom stereocenters. The molecule has 0 N–H and O–H groups in total. The number of methoxy groups -OCH3 is 2.